The Balaban J connectivity index is 1.82. The normalized spacial score (nSPS) is 11.2. The van der Waals surface area contributed by atoms with Gasteiger partial charge in [0.15, 0.2) is 0 Å². The minimum absolute atomic E-state index is 0.0370. The molecule has 0 spiro atoms. The quantitative estimate of drug-likeness (QED) is 0.383. The molecule has 0 atom stereocenters. The Morgan fingerprint density at radius 1 is 0.758 bits per heavy atom. The highest BCUT2D eigenvalue weighted by Crippen LogP contribution is 2.39. The smallest absolute Gasteiger partial charge is 0.146 e. The van der Waals surface area contributed by atoms with Crippen molar-refractivity contribution >= 4 is 11.0 Å². The fraction of sp³-hybridized carbons (Fsp3) is 0.143. The van der Waals surface area contributed by atoms with Crippen LogP contribution in [0.4, 0.5) is 0 Å². The summed E-state index contributed by atoms with van der Waals surface area (Å²) in [5.41, 5.74) is 6.64. The lowest BCUT2D eigenvalue weighted by Crippen LogP contribution is -2.22. The number of rotatable bonds is 7. The second kappa shape index (κ2) is 9.27. The molecule has 5 aromatic rings. The van der Waals surface area contributed by atoms with Gasteiger partial charge in [0.2, 0.25) is 0 Å². The summed E-state index contributed by atoms with van der Waals surface area (Å²) < 4.78 is 3.96. The van der Waals surface area contributed by atoms with Crippen LogP contribution in [0.5, 0.6) is 0 Å². The summed E-state index contributed by atoms with van der Waals surface area (Å²) in [5.74, 6) is 0. The van der Waals surface area contributed by atoms with Gasteiger partial charge >= 0.3 is 0 Å². The van der Waals surface area contributed by atoms with E-state index in [2.05, 4.69) is 53.1 Å². The molecular weight excluding hydrogens is 408 g/mol. The molecule has 0 bridgehead atoms. The fourth-order valence-corrected chi connectivity index (χ4v) is 4.45. The molecule has 0 amide bonds. The highest BCUT2D eigenvalue weighted by atomic mass is 16.3. The molecule has 3 aromatic carbocycles. The van der Waals surface area contributed by atoms with E-state index in [1.165, 1.54) is 5.56 Å². The number of fused-ring (bicyclic) bond motifs is 1. The van der Waals surface area contributed by atoms with Gasteiger partial charge in [0.05, 0.1) is 24.0 Å². The third kappa shape index (κ3) is 3.99. The van der Waals surface area contributed by atoms with Gasteiger partial charge in [-0.3, -0.25) is 5.41 Å². The van der Waals surface area contributed by atoms with Crippen LogP contribution < -0.4 is 5.49 Å². The van der Waals surface area contributed by atoms with Crippen LogP contribution in [0.1, 0.15) is 5.56 Å². The Labute approximate surface area is 192 Å². The summed E-state index contributed by atoms with van der Waals surface area (Å²) >= 11 is 0. The van der Waals surface area contributed by atoms with Crippen molar-refractivity contribution in [2.45, 2.75) is 19.5 Å². The van der Waals surface area contributed by atoms with Gasteiger partial charge in [0, 0.05) is 18.7 Å². The minimum Gasteiger partial charge on any atom is -0.395 e. The van der Waals surface area contributed by atoms with E-state index in [0.29, 0.717) is 12.0 Å². The number of benzene rings is 3. The van der Waals surface area contributed by atoms with Gasteiger partial charge < -0.3 is 14.2 Å². The molecule has 2 aromatic heterocycles. The maximum Gasteiger partial charge on any atom is 0.146 e. The lowest BCUT2D eigenvalue weighted by molar-refractivity contribution is 0.273. The van der Waals surface area contributed by atoms with Crippen LogP contribution in [0.2, 0.25) is 0 Å². The van der Waals surface area contributed by atoms with Gasteiger partial charge in [-0.05, 0) is 23.1 Å². The van der Waals surface area contributed by atoms with Crippen molar-refractivity contribution in [3.05, 3.63) is 108 Å². The molecule has 5 rings (SSSR count). The number of aryl methyl sites for hydroxylation is 2. The highest BCUT2D eigenvalue weighted by Gasteiger charge is 2.23. The molecule has 5 heteroatoms. The SMILES string of the molecule is N=c1c2c(-c3ccccc3)c(-c3ccccc3)n(CCc3ccccc3)c2ncn1CCO. The Morgan fingerprint density at radius 2 is 1.36 bits per heavy atom. The van der Waals surface area contributed by atoms with Crippen LogP contribution in [0.15, 0.2) is 97.3 Å². The first-order valence-electron chi connectivity index (χ1n) is 11.2. The number of aliphatic hydroxyl groups excluding tert-OH is 1. The maximum atomic E-state index is 9.51. The van der Waals surface area contributed by atoms with Gasteiger partial charge in [-0.2, -0.15) is 0 Å². The monoisotopic (exact) mass is 434 g/mol. The van der Waals surface area contributed by atoms with Gasteiger partial charge in [0.1, 0.15) is 11.1 Å². The number of nitrogens with zero attached hydrogens (tertiary/aromatic N) is 3. The van der Waals surface area contributed by atoms with E-state index in [4.69, 9.17) is 10.4 Å². The van der Waals surface area contributed by atoms with E-state index in [1.807, 2.05) is 42.5 Å². The van der Waals surface area contributed by atoms with Gasteiger partial charge in [-0.15, -0.1) is 0 Å². The average molecular weight is 435 g/mol. The van der Waals surface area contributed by atoms with Crippen molar-refractivity contribution < 1.29 is 5.11 Å². The van der Waals surface area contributed by atoms with Gasteiger partial charge in [-0.25, -0.2) is 4.98 Å². The van der Waals surface area contributed by atoms with E-state index in [0.717, 1.165) is 46.4 Å². The molecule has 2 heterocycles. The predicted molar refractivity (Wildman–Crippen MR) is 132 cm³/mol. The Kier molecular flexibility index (Phi) is 5.87. The molecule has 5 nitrogen and oxygen atoms in total. The van der Waals surface area contributed by atoms with Crippen molar-refractivity contribution in [2.24, 2.45) is 0 Å². The van der Waals surface area contributed by atoms with Crippen molar-refractivity contribution in [3.8, 4) is 22.4 Å². The largest absolute Gasteiger partial charge is 0.395 e. The van der Waals surface area contributed by atoms with Crippen LogP contribution in [0.3, 0.4) is 0 Å². The topological polar surface area (TPSA) is 66.8 Å². The molecule has 0 saturated heterocycles. The molecule has 33 heavy (non-hydrogen) atoms. The standard InChI is InChI=1S/C28H26N4O/c29-27-25-24(22-12-6-2-7-13-22)26(23-14-8-3-9-15-23)32(17-16-21-10-4-1-5-11-21)28(25)30-20-31(27)18-19-33/h1-15,20,29,33H,16-19H2. The summed E-state index contributed by atoms with van der Waals surface area (Å²) in [7, 11) is 0. The Hall–Kier alpha value is -3.96. The lowest BCUT2D eigenvalue weighted by atomic mass is 9.99. The van der Waals surface area contributed by atoms with E-state index < -0.39 is 0 Å². The van der Waals surface area contributed by atoms with Crippen LogP contribution in [-0.4, -0.2) is 25.8 Å². The zero-order chi connectivity index (χ0) is 22.6. The van der Waals surface area contributed by atoms with E-state index >= 15 is 0 Å². The van der Waals surface area contributed by atoms with Gasteiger partial charge in [-0.1, -0.05) is 91.0 Å². The fourth-order valence-electron chi connectivity index (χ4n) is 4.45. The summed E-state index contributed by atoms with van der Waals surface area (Å²) in [4.78, 5) is 4.80. The van der Waals surface area contributed by atoms with Crippen LogP contribution in [0, 0.1) is 5.41 Å². The number of hydrogen-bond donors (Lipinski definition) is 2. The van der Waals surface area contributed by atoms with Crippen molar-refractivity contribution in [1.29, 1.82) is 5.41 Å². The Bertz CT molecular complexity index is 1420. The molecule has 2 N–H and O–H groups in total. The van der Waals surface area contributed by atoms with Gasteiger partial charge in [0.25, 0.3) is 0 Å². The zero-order valence-corrected chi connectivity index (χ0v) is 18.4. The van der Waals surface area contributed by atoms with E-state index in [1.54, 1.807) is 10.9 Å². The minimum atomic E-state index is -0.0370. The third-order valence-electron chi connectivity index (χ3n) is 6.00. The molecule has 164 valence electrons. The zero-order valence-electron chi connectivity index (χ0n) is 18.4. The van der Waals surface area contributed by atoms with Crippen molar-refractivity contribution in [2.75, 3.05) is 6.61 Å². The summed E-state index contributed by atoms with van der Waals surface area (Å²) in [5, 5.41) is 19.3. The Morgan fingerprint density at radius 3 is 2.00 bits per heavy atom. The molecule has 0 aliphatic rings. The molecule has 0 fully saturated rings. The number of aromatic nitrogens is 3. The summed E-state index contributed by atoms with van der Waals surface area (Å²) in [6.07, 6.45) is 2.53. The number of aliphatic hydroxyl groups is 1. The number of hydrogen-bond acceptors (Lipinski definition) is 3. The second-order valence-corrected chi connectivity index (χ2v) is 8.05. The maximum absolute atomic E-state index is 9.51. The molecule has 0 saturated carbocycles. The van der Waals surface area contributed by atoms with Crippen LogP contribution in [-0.2, 0) is 19.5 Å². The first-order chi connectivity index (χ1) is 16.3. The molecule has 0 aliphatic carbocycles. The summed E-state index contributed by atoms with van der Waals surface area (Å²) in [6, 6.07) is 31.0. The van der Waals surface area contributed by atoms with Crippen molar-refractivity contribution in [3.63, 3.8) is 0 Å². The molecule has 0 radical (unpaired) electrons. The van der Waals surface area contributed by atoms with Crippen molar-refractivity contribution in [1.82, 2.24) is 14.1 Å². The molecular formula is C28H26N4O. The second-order valence-electron chi connectivity index (χ2n) is 8.05. The predicted octanol–water partition coefficient (Wildman–Crippen LogP) is 4.89. The van der Waals surface area contributed by atoms with Crippen LogP contribution in [0.25, 0.3) is 33.4 Å². The molecule has 0 aliphatic heterocycles. The van der Waals surface area contributed by atoms with E-state index in [-0.39, 0.29) is 6.61 Å². The summed E-state index contributed by atoms with van der Waals surface area (Å²) in [6.45, 7) is 1.05. The third-order valence-corrected chi connectivity index (χ3v) is 6.00. The van der Waals surface area contributed by atoms with E-state index in [9.17, 15) is 5.11 Å². The lowest BCUT2D eigenvalue weighted by Gasteiger charge is -2.13. The van der Waals surface area contributed by atoms with Crippen LogP contribution >= 0.6 is 0 Å². The average Bonchev–Trinajstić information content (AvgIpc) is 3.21. The first-order valence-corrected chi connectivity index (χ1v) is 11.2. The first kappa shape index (κ1) is 20.9. The molecule has 0 unspecified atom stereocenters. The number of nitrogens with one attached hydrogen (secondary N) is 1. The highest BCUT2D eigenvalue weighted by molar-refractivity contribution is 6.02.